The number of sulfonamides is 1. The van der Waals surface area contributed by atoms with E-state index in [0.29, 0.717) is 27.0 Å². The van der Waals surface area contributed by atoms with Crippen LogP contribution in [0.4, 0.5) is 17.1 Å². The van der Waals surface area contributed by atoms with Gasteiger partial charge in [0.05, 0.1) is 30.5 Å². The minimum Gasteiger partial charge on any atom is -0.497 e. The van der Waals surface area contributed by atoms with Crippen LogP contribution in [0.1, 0.15) is 19.4 Å². The number of methoxy groups -OCH3 is 2. The van der Waals surface area contributed by atoms with Crippen molar-refractivity contribution in [2.45, 2.75) is 18.7 Å². The summed E-state index contributed by atoms with van der Waals surface area (Å²) in [4.78, 5) is 34.4. The summed E-state index contributed by atoms with van der Waals surface area (Å²) in [6.45, 7) is 2.23. The van der Waals surface area contributed by atoms with E-state index in [2.05, 4.69) is 15.8 Å². The van der Waals surface area contributed by atoms with E-state index in [1.165, 1.54) is 51.5 Å². The molecule has 0 radical (unpaired) electrons. The van der Waals surface area contributed by atoms with Crippen LogP contribution in [0, 0.1) is 10.1 Å². The van der Waals surface area contributed by atoms with Crippen LogP contribution in [0.3, 0.4) is 0 Å². The summed E-state index contributed by atoms with van der Waals surface area (Å²) in [7, 11) is -1.94. The van der Waals surface area contributed by atoms with Crippen LogP contribution < -0.4 is 24.5 Å². The van der Waals surface area contributed by atoms with Crippen LogP contribution in [0.2, 0.25) is 0 Å². The summed E-state index contributed by atoms with van der Waals surface area (Å²) in [5.74, 6) is -0.639. The summed E-state index contributed by atoms with van der Waals surface area (Å²) >= 11 is 0. The van der Waals surface area contributed by atoms with Crippen molar-refractivity contribution in [3.8, 4) is 11.5 Å². The van der Waals surface area contributed by atoms with Crippen LogP contribution in [0.25, 0.3) is 0 Å². The van der Waals surface area contributed by atoms with Crippen LogP contribution in [-0.4, -0.2) is 51.6 Å². The van der Waals surface area contributed by atoms with Crippen molar-refractivity contribution in [3.63, 3.8) is 0 Å². The first-order chi connectivity index (χ1) is 19.0. The molecule has 3 aromatic carbocycles. The van der Waals surface area contributed by atoms with E-state index in [1.807, 2.05) is 0 Å². The average molecular weight is 570 g/mol. The summed E-state index contributed by atoms with van der Waals surface area (Å²) in [6, 6.07) is 15.8. The Bertz CT molecular complexity index is 1560. The number of nitrogens with one attached hydrogen (secondary N) is 2. The zero-order valence-electron chi connectivity index (χ0n) is 22.1. The Hall–Kier alpha value is -4.98. The first kappa shape index (κ1) is 29.6. The van der Waals surface area contributed by atoms with E-state index in [9.17, 15) is 28.1 Å². The third-order valence-corrected chi connectivity index (χ3v) is 7.35. The lowest BCUT2D eigenvalue weighted by Crippen LogP contribution is -2.40. The third-order valence-electron chi connectivity index (χ3n) is 5.54. The predicted octanol–water partition coefficient (Wildman–Crippen LogP) is 3.31. The van der Waals surface area contributed by atoms with E-state index in [4.69, 9.17) is 9.47 Å². The molecule has 2 N–H and O–H groups in total. The number of ether oxygens (including phenoxy) is 2. The molecule has 0 aliphatic rings. The van der Waals surface area contributed by atoms with Gasteiger partial charge < -0.3 is 14.8 Å². The number of para-hydroxylation sites is 1. The molecule has 0 aromatic heterocycles. The maximum Gasteiger partial charge on any atom is 0.289 e. The molecule has 0 aliphatic carbocycles. The van der Waals surface area contributed by atoms with E-state index >= 15 is 0 Å². The molecule has 210 valence electrons. The van der Waals surface area contributed by atoms with Crippen LogP contribution >= 0.6 is 0 Å². The van der Waals surface area contributed by atoms with Crippen molar-refractivity contribution in [2.75, 3.05) is 30.4 Å². The topological polar surface area (TPSA) is 170 Å². The number of carbonyl (C=O) groups is 2. The Morgan fingerprint density at radius 2 is 1.68 bits per heavy atom. The predicted molar refractivity (Wildman–Crippen MR) is 148 cm³/mol. The SMILES string of the molecule is COc1ccc(N(CC(=O)N/N=C(/C)c2ccc(NC(C)=O)cc2)S(=O)(=O)c2ccccc2[N+](=O)[O-])c(OC)c1. The monoisotopic (exact) mass is 569 g/mol. The van der Waals surface area contributed by atoms with Crippen molar-refractivity contribution in [3.05, 3.63) is 82.4 Å². The lowest BCUT2D eigenvalue weighted by atomic mass is 10.1. The molecule has 0 fully saturated rings. The molecular formula is C26H27N5O8S. The van der Waals surface area contributed by atoms with Crippen LogP contribution in [0.5, 0.6) is 11.5 Å². The summed E-state index contributed by atoms with van der Waals surface area (Å²) in [6.07, 6.45) is 0. The highest BCUT2D eigenvalue weighted by Gasteiger charge is 2.34. The second-order valence-corrected chi connectivity index (χ2v) is 10.1. The number of rotatable bonds is 11. The standard InChI is InChI=1S/C26H27N5O8S/c1-17(19-9-11-20(12-10-19)27-18(2)32)28-29-26(33)16-30(22-14-13-21(38-3)15-24(22)39-4)40(36,37)25-8-6-5-7-23(25)31(34)35/h5-15H,16H2,1-4H3,(H,27,32)(H,29,33)/b28-17-. The second-order valence-electron chi connectivity index (χ2n) is 8.27. The zero-order valence-corrected chi connectivity index (χ0v) is 22.9. The largest absolute Gasteiger partial charge is 0.497 e. The molecule has 40 heavy (non-hydrogen) atoms. The van der Waals surface area contributed by atoms with Gasteiger partial charge in [-0.3, -0.25) is 24.0 Å². The average Bonchev–Trinajstić information content (AvgIpc) is 2.94. The number of hydrazone groups is 1. The molecule has 0 saturated heterocycles. The van der Waals surface area contributed by atoms with Gasteiger partial charge in [-0.2, -0.15) is 5.10 Å². The Kier molecular flexibility index (Phi) is 9.40. The lowest BCUT2D eigenvalue weighted by Gasteiger charge is -2.25. The Balaban J connectivity index is 1.97. The van der Waals surface area contributed by atoms with Crippen molar-refractivity contribution >= 4 is 44.6 Å². The van der Waals surface area contributed by atoms with Gasteiger partial charge in [-0.25, -0.2) is 13.8 Å². The minimum atomic E-state index is -4.66. The van der Waals surface area contributed by atoms with Crippen molar-refractivity contribution in [1.29, 1.82) is 0 Å². The van der Waals surface area contributed by atoms with Gasteiger partial charge in [0.2, 0.25) is 5.91 Å². The highest BCUT2D eigenvalue weighted by atomic mass is 32.2. The third kappa shape index (κ3) is 6.91. The molecule has 14 heteroatoms. The van der Waals surface area contributed by atoms with E-state index in [-0.39, 0.29) is 17.3 Å². The van der Waals surface area contributed by atoms with Gasteiger partial charge in [-0.15, -0.1) is 0 Å². The van der Waals surface area contributed by atoms with Gasteiger partial charge in [0.15, 0.2) is 4.90 Å². The Labute approximate surface area is 230 Å². The normalized spacial score (nSPS) is 11.3. The molecule has 2 amide bonds. The number of anilines is 2. The number of nitrogens with zero attached hydrogens (tertiary/aromatic N) is 3. The molecule has 0 saturated carbocycles. The lowest BCUT2D eigenvalue weighted by molar-refractivity contribution is -0.387. The molecule has 0 bridgehead atoms. The molecule has 0 heterocycles. The van der Waals surface area contributed by atoms with Crippen molar-refractivity contribution in [1.82, 2.24) is 5.43 Å². The number of carbonyl (C=O) groups excluding carboxylic acids is 2. The zero-order chi connectivity index (χ0) is 29.4. The molecule has 0 aliphatic heterocycles. The van der Waals surface area contributed by atoms with Gasteiger partial charge in [0.25, 0.3) is 21.6 Å². The Morgan fingerprint density at radius 3 is 2.27 bits per heavy atom. The molecule has 3 rings (SSSR count). The van der Waals surface area contributed by atoms with Gasteiger partial charge in [0.1, 0.15) is 18.0 Å². The maximum atomic E-state index is 13.8. The molecule has 13 nitrogen and oxygen atoms in total. The molecule has 3 aromatic rings. The number of amides is 2. The van der Waals surface area contributed by atoms with Crippen molar-refractivity contribution < 1.29 is 32.4 Å². The van der Waals surface area contributed by atoms with E-state index in [0.717, 1.165) is 12.1 Å². The summed E-state index contributed by atoms with van der Waals surface area (Å²) in [5.41, 5.74) is 3.23. The van der Waals surface area contributed by atoms with E-state index in [1.54, 1.807) is 31.2 Å². The summed E-state index contributed by atoms with van der Waals surface area (Å²) < 4.78 is 38.8. The number of nitro benzene ring substituents is 1. The van der Waals surface area contributed by atoms with Crippen molar-refractivity contribution in [2.24, 2.45) is 5.10 Å². The fraction of sp³-hybridized carbons (Fsp3) is 0.192. The first-order valence-electron chi connectivity index (χ1n) is 11.7. The fourth-order valence-corrected chi connectivity index (χ4v) is 5.20. The maximum absolute atomic E-state index is 13.8. The smallest absolute Gasteiger partial charge is 0.289 e. The number of nitro groups is 1. The quantitative estimate of drug-likeness (QED) is 0.201. The van der Waals surface area contributed by atoms with Gasteiger partial charge in [-0.05, 0) is 42.8 Å². The molecule has 0 unspecified atom stereocenters. The highest BCUT2D eigenvalue weighted by molar-refractivity contribution is 7.93. The summed E-state index contributed by atoms with van der Waals surface area (Å²) in [5, 5.41) is 18.3. The number of hydrogen-bond donors (Lipinski definition) is 2. The second kappa shape index (κ2) is 12.7. The first-order valence-corrected chi connectivity index (χ1v) is 13.1. The van der Waals surface area contributed by atoms with Gasteiger partial charge >= 0.3 is 0 Å². The number of benzene rings is 3. The number of hydrogen-bond acceptors (Lipinski definition) is 9. The minimum absolute atomic E-state index is 0.0493. The van der Waals surface area contributed by atoms with Gasteiger partial charge in [0, 0.05) is 24.7 Å². The molecule has 0 spiro atoms. The Morgan fingerprint density at radius 1 is 1.00 bits per heavy atom. The van der Waals surface area contributed by atoms with Crippen LogP contribution in [0.15, 0.2) is 76.7 Å². The van der Waals surface area contributed by atoms with Gasteiger partial charge in [-0.1, -0.05) is 24.3 Å². The van der Waals surface area contributed by atoms with Crippen LogP contribution in [-0.2, 0) is 19.6 Å². The fourth-order valence-electron chi connectivity index (χ4n) is 3.61. The highest BCUT2D eigenvalue weighted by Crippen LogP contribution is 2.37. The van der Waals surface area contributed by atoms with E-state index < -0.39 is 38.0 Å². The molecular weight excluding hydrogens is 542 g/mol. The molecule has 0 atom stereocenters.